The van der Waals surface area contributed by atoms with E-state index in [-0.39, 0.29) is 16.8 Å². The van der Waals surface area contributed by atoms with Crippen molar-refractivity contribution in [1.82, 2.24) is 0 Å². The molecule has 0 saturated carbocycles. The summed E-state index contributed by atoms with van der Waals surface area (Å²) < 4.78 is 38.5. The Morgan fingerprint density at radius 1 is 1.19 bits per heavy atom. The van der Waals surface area contributed by atoms with E-state index in [0.29, 0.717) is 12.2 Å². The van der Waals surface area contributed by atoms with Crippen LogP contribution in [-0.2, 0) is 17.4 Å². The molecule has 0 fully saturated rings. The number of halogens is 4. The summed E-state index contributed by atoms with van der Waals surface area (Å²) in [7, 11) is 0. The number of para-hydroxylation sites is 1. The van der Waals surface area contributed by atoms with Crippen LogP contribution in [0.5, 0.6) is 0 Å². The minimum Gasteiger partial charge on any atom is -0.372 e. The number of hydrogen-bond donors (Lipinski definition) is 1. The average molecular weight is 397 g/mol. The summed E-state index contributed by atoms with van der Waals surface area (Å²) in [5.74, 6) is -0.200. The van der Waals surface area contributed by atoms with Crippen LogP contribution >= 0.6 is 11.6 Å². The fourth-order valence-corrected chi connectivity index (χ4v) is 3.46. The monoisotopic (exact) mass is 396 g/mol. The molecule has 2 aromatic rings. The maximum Gasteiger partial charge on any atom is 0.416 e. The van der Waals surface area contributed by atoms with Crippen LogP contribution in [0.15, 0.2) is 42.5 Å². The van der Waals surface area contributed by atoms with Gasteiger partial charge in [0, 0.05) is 12.2 Å². The minimum atomic E-state index is -4.46. The SMILES string of the molecule is CC(C)C(Nc1ccc(C(F)(F)F)cc1Cl)C(=O)N1CCc2ccccc21. The molecule has 0 aromatic heterocycles. The molecule has 144 valence electrons. The van der Waals surface area contributed by atoms with Crippen LogP contribution < -0.4 is 10.2 Å². The Labute approximate surface area is 161 Å². The Kier molecular flexibility index (Phi) is 5.38. The Balaban J connectivity index is 1.84. The Morgan fingerprint density at radius 2 is 1.89 bits per heavy atom. The van der Waals surface area contributed by atoms with Gasteiger partial charge in [0.05, 0.1) is 16.3 Å². The predicted molar refractivity (Wildman–Crippen MR) is 101 cm³/mol. The molecule has 7 heteroatoms. The van der Waals surface area contributed by atoms with Crippen molar-refractivity contribution in [2.75, 3.05) is 16.8 Å². The second-order valence-electron chi connectivity index (χ2n) is 6.93. The number of fused-ring (bicyclic) bond motifs is 1. The number of rotatable bonds is 4. The van der Waals surface area contributed by atoms with Crippen molar-refractivity contribution in [3.8, 4) is 0 Å². The zero-order valence-electron chi connectivity index (χ0n) is 15.0. The van der Waals surface area contributed by atoms with Crippen LogP contribution in [0.2, 0.25) is 5.02 Å². The number of nitrogens with one attached hydrogen (secondary N) is 1. The Morgan fingerprint density at radius 3 is 2.52 bits per heavy atom. The van der Waals surface area contributed by atoms with Crippen molar-refractivity contribution in [1.29, 1.82) is 0 Å². The maximum atomic E-state index is 13.1. The molecular weight excluding hydrogens is 377 g/mol. The quantitative estimate of drug-likeness (QED) is 0.752. The number of nitrogens with zero attached hydrogens (tertiary/aromatic N) is 1. The molecule has 1 amide bonds. The fourth-order valence-electron chi connectivity index (χ4n) is 3.22. The van der Waals surface area contributed by atoms with Crippen molar-refractivity contribution in [3.05, 3.63) is 58.6 Å². The maximum absolute atomic E-state index is 13.1. The molecule has 0 radical (unpaired) electrons. The number of amides is 1. The normalized spacial score (nSPS) is 15.0. The highest BCUT2D eigenvalue weighted by Gasteiger charge is 2.33. The lowest BCUT2D eigenvalue weighted by Crippen LogP contribution is -2.45. The highest BCUT2D eigenvalue weighted by Crippen LogP contribution is 2.35. The van der Waals surface area contributed by atoms with Crippen LogP contribution in [0.1, 0.15) is 25.0 Å². The number of anilines is 2. The molecule has 2 aromatic carbocycles. The lowest BCUT2D eigenvalue weighted by atomic mass is 10.0. The molecule has 1 heterocycles. The van der Waals surface area contributed by atoms with Gasteiger partial charge in [-0.3, -0.25) is 4.79 Å². The third-order valence-corrected chi connectivity index (χ3v) is 5.01. The van der Waals surface area contributed by atoms with Crippen molar-refractivity contribution in [2.24, 2.45) is 5.92 Å². The molecule has 0 saturated heterocycles. The summed E-state index contributed by atoms with van der Waals surface area (Å²) >= 11 is 6.04. The van der Waals surface area contributed by atoms with Gasteiger partial charge in [0.15, 0.2) is 0 Å². The average Bonchev–Trinajstić information content (AvgIpc) is 3.03. The van der Waals surface area contributed by atoms with Gasteiger partial charge >= 0.3 is 6.18 Å². The molecule has 0 spiro atoms. The molecule has 3 rings (SSSR count). The number of carbonyl (C=O) groups excluding carboxylic acids is 1. The van der Waals surface area contributed by atoms with Gasteiger partial charge in [0.1, 0.15) is 6.04 Å². The topological polar surface area (TPSA) is 32.3 Å². The van der Waals surface area contributed by atoms with Gasteiger partial charge in [-0.25, -0.2) is 0 Å². The van der Waals surface area contributed by atoms with Gasteiger partial charge < -0.3 is 10.2 Å². The molecule has 0 aliphatic carbocycles. The smallest absolute Gasteiger partial charge is 0.372 e. The lowest BCUT2D eigenvalue weighted by molar-refractivity contribution is -0.137. The first-order chi connectivity index (χ1) is 12.7. The van der Waals surface area contributed by atoms with E-state index in [9.17, 15) is 18.0 Å². The lowest BCUT2D eigenvalue weighted by Gasteiger charge is -2.28. The summed E-state index contributed by atoms with van der Waals surface area (Å²) in [5.41, 5.74) is 1.48. The third kappa shape index (κ3) is 4.05. The van der Waals surface area contributed by atoms with Gasteiger partial charge in [-0.1, -0.05) is 43.6 Å². The summed E-state index contributed by atoms with van der Waals surface area (Å²) in [6, 6.07) is 10.2. The van der Waals surface area contributed by atoms with Crippen LogP contribution in [0.3, 0.4) is 0 Å². The van der Waals surface area contributed by atoms with E-state index in [1.807, 2.05) is 38.1 Å². The van der Waals surface area contributed by atoms with Crippen LogP contribution in [0.4, 0.5) is 24.5 Å². The first-order valence-corrected chi connectivity index (χ1v) is 9.09. The molecule has 1 N–H and O–H groups in total. The predicted octanol–water partition coefficient (Wildman–Crippen LogP) is 5.38. The van der Waals surface area contributed by atoms with Crippen molar-refractivity contribution >= 4 is 28.9 Å². The zero-order chi connectivity index (χ0) is 19.8. The number of benzene rings is 2. The van der Waals surface area contributed by atoms with Gasteiger partial charge in [-0.2, -0.15) is 13.2 Å². The van der Waals surface area contributed by atoms with E-state index in [1.54, 1.807) is 4.90 Å². The molecule has 0 bridgehead atoms. The van der Waals surface area contributed by atoms with Gasteiger partial charge in [-0.05, 0) is 42.2 Å². The standard InChI is InChI=1S/C20H20ClF3N2O/c1-12(2)18(19(27)26-10-9-13-5-3-4-6-17(13)26)25-16-8-7-14(11-15(16)21)20(22,23)24/h3-8,11-12,18,25H,9-10H2,1-2H3. The largest absolute Gasteiger partial charge is 0.416 e. The minimum absolute atomic E-state index is 0.0647. The van der Waals surface area contributed by atoms with E-state index in [0.717, 1.165) is 29.8 Å². The summed E-state index contributed by atoms with van der Waals surface area (Å²) in [4.78, 5) is 14.9. The fraction of sp³-hybridized carbons (Fsp3) is 0.350. The summed E-state index contributed by atoms with van der Waals surface area (Å²) in [5, 5.41) is 2.98. The molecule has 27 heavy (non-hydrogen) atoms. The summed E-state index contributed by atoms with van der Waals surface area (Å²) in [6.45, 7) is 4.36. The van der Waals surface area contributed by atoms with Gasteiger partial charge in [0.25, 0.3) is 0 Å². The van der Waals surface area contributed by atoms with Crippen LogP contribution in [-0.4, -0.2) is 18.5 Å². The highest BCUT2D eigenvalue weighted by molar-refractivity contribution is 6.33. The molecule has 3 nitrogen and oxygen atoms in total. The first-order valence-electron chi connectivity index (χ1n) is 8.71. The second-order valence-corrected chi connectivity index (χ2v) is 7.33. The third-order valence-electron chi connectivity index (χ3n) is 4.69. The Bertz CT molecular complexity index is 851. The first kappa shape index (κ1) is 19.5. The Hall–Kier alpha value is -2.21. The van der Waals surface area contributed by atoms with Crippen LogP contribution in [0.25, 0.3) is 0 Å². The van der Waals surface area contributed by atoms with E-state index < -0.39 is 17.8 Å². The van der Waals surface area contributed by atoms with Crippen molar-refractivity contribution in [3.63, 3.8) is 0 Å². The van der Waals surface area contributed by atoms with Crippen molar-refractivity contribution in [2.45, 2.75) is 32.5 Å². The molecule has 1 unspecified atom stereocenters. The van der Waals surface area contributed by atoms with E-state index in [4.69, 9.17) is 11.6 Å². The second kappa shape index (κ2) is 7.43. The number of carbonyl (C=O) groups is 1. The van der Waals surface area contributed by atoms with Gasteiger partial charge in [0.2, 0.25) is 5.91 Å². The van der Waals surface area contributed by atoms with E-state index in [1.165, 1.54) is 6.07 Å². The van der Waals surface area contributed by atoms with Crippen LogP contribution in [0, 0.1) is 5.92 Å². The van der Waals surface area contributed by atoms with Gasteiger partial charge in [-0.15, -0.1) is 0 Å². The summed E-state index contributed by atoms with van der Waals surface area (Å²) in [6.07, 6.45) is -3.68. The molecule has 1 aliphatic heterocycles. The number of hydrogen-bond acceptors (Lipinski definition) is 2. The zero-order valence-corrected chi connectivity index (χ0v) is 15.7. The van der Waals surface area contributed by atoms with E-state index in [2.05, 4.69) is 5.32 Å². The van der Waals surface area contributed by atoms with E-state index >= 15 is 0 Å². The number of alkyl halides is 3. The molecular formula is C20H20ClF3N2O. The molecule has 1 atom stereocenters. The molecule has 1 aliphatic rings. The highest BCUT2D eigenvalue weighted by atomic mass is 35.5. The van der Waals surface area contributed by atoms with Crippen molar-refractivity contribution < 1.29 is 18.0 Å².